The van der Waals surface area contributed by atoms with Crippen molar-refractivity contribution in [1.29, 1.82) is 0 Å². The van der Waals surface area contributed by atoms with Crippen LogP contribution in [0.3, 0.4) is 0 Å². The first-order valence-electron chi connectivity index (χ1n) is 5.35. The fraction of sp³-hybridized carbons (Fsp3) is 0.800. The quantitative estimate of drug-likeness (QED) is 0.533. The van der Waals surface area contributed by atoms with E-state index in [0.717, 1.165) is 0 Å². The third-order valence-electron chi connectivity index (χ3n) is 3.06. The second-order valence-electron chi connectivity index (χ2n) is 4.09. The zero-order valence-electron chi connectivity index (χ0n) is 9.40. The van der Waals surface area contributed by atoms with Crippen LogP contribution in [0.4, 0.5) is 0 Å². The fourth-order valence-corrected chi connectivity index (χ4v) is 1.99. The summed E-state index contributed by atoms with van der Waals surface area (Å²) in [5.74, 6) is -1.47. The predicted octanol–water partition coefficient (Wildman–Crippen LogP) is -1.11. The van der Waals surface area contributed by atoms with Gasteiger partial charge in [-0.05, 0) is 25.9 Å². The smallest absolute Gasteiger partial charge is 0.319 e. The molecule has 1 heterocycles. The van der Waals surface area contributed by atoms with Crippen LogP contribution in [0.5, 0.6) is 0 Å². The van der Waals surface area contributed by atoms with Gasteiger partial charge in [0.25, 0.3) is 0 Å². The molecule has 0 aliphatic carbocycles. The molecule has 1 saturated heterocycles. The van der Waals surface area contributed by atoms with E-state index in [-0.39, 0.29) is 13.2 Å². The number of hydrogen-bond donors (Lipinski definition) is 3. The van der Waals surface area contributed by atoms with Gasteiger partial charge in [0.2, 0.25) is 5.91 Å². The maximum absolute atomic E-state index is 12.1. The van der Waals surface area contributed by atoms with Crippen LogP contribution >= 0.6 is 0 Å². The molecular weight excluding hydrogens is 212 g/mol. The zero-order valence-corrected chi connectivity index (χ0v) is 9.40. The third kappa shape index (κ3) is 2.33. The maximum atomic E-state index is 12.1. The van der Waals surface area contributed by atoms with Gasteiger partial charge in [-0.3, -0.25) is 9.59 Å². The van der Waals surface area contributed by atoms with E-state index in [4.69, 9.17) is 5.11 Å². The number of carboxylic acids is 1. The van der Waals surface area contributed by atoms with E-state index in [1.165, 1.54) is 11.9 Å². The van der Waals surface area contributed by atoms with Crippen LogP contribution < -0.4 is 5.32 Å². The number of rotatable bonds is 4. The summed E-state index contributed by atoms with van der Waals surface area (Å²) < 4.78 is 0. The Bertz CT molecular complexity index is 274. The van der Waals surface area contributed by atoms with Crippen LogP contribution in [0, 0.1) is 5.41 Å². The normalized spacial score (nSPS) is 19.1. The molecule has 0 aromatic rings. The number of aliphatic hydroxyl groups is 1. The molecule has 0 radical (unpaired) electrons. The highest BCUT2D eigenvalue weighted by Crippen LogP contribution is 2.31. The first-order valence-corrected chi connectivity index (χ1v) is 5.35. The monoisotopic (exact) mass is 230 g/mol. The second kappa shape index (κ2) is 5.27. The molecule has 0 aromatic heterocycles. The summed E-state index contributed by atoms with van der Waals surface area (Å²) in [5.41, 5.74) is -1.31. The molecule has 16 heavy (non-hydrogen) atoms. The number of carbonyl (C=O) groups is 2. The van der Waals surface area contributed by atoms with E-state index in [1.54, 1.807) is 0 Å². The van der Waals surface area contributed by atoms with Crippen LogP contribution in [0.25, 0.3) is 0 Å². The van der Waals surface area contributed by atoms with Gasteiger partial charge in [0.05, 0.1) is 6.61 Å². The first kappa shape index (κ1) is 12.9. The average Bonchev–Trinajstić information content (AvgIpc) is 2.29. The van der Waals surface area contributed by atoms with Crippen molar-refractivity contribution in [2.24, 2.45) is 5.41 Å². The van der Waals surface area contributed by atoms with Crippen LogP contribution in [0.15, 0.2) is 0 Å². The summed E-state index contributed by atoms with van der Waals surface area (Å²) in [7, 11) is 1.52. The van der Waals surface area contributed by atoms with Crippen molar-refractivity contribution in [3.8, 4) is 0 Å². The number of piperidine rings is 1. The van der Waals surface area contributed by atoms with Gasteiger partial charge in [-0.1, -0.05) is 0 Å². The number of nitrogens with one attached hydrogen (secondary N) is 1. The second-order valence-corrected chi connectivity index (χ2v) is 4.09. The standard InChI is InChI=1S/C10H18N2O4/c1-12(6-7-13)8(14)10(9(15)16)2-4-11-5-3-10/h11,13H,2-7H2,1H3,(H,15,16). The number of carbonyl (C=O) groups excluding carboxylic acids is 1. The molecule has 1 aliphatic heterocycles. The van der Waals surface area contributed by atoms with E-state index >= 15 is 0 Å². The number of likely N-dealkylation sites (N-methyl/N-ethyl adjacent to an activating group) is 1. The van der Waals surface area contributed by atoms with E-state index in [9.17, 15) is 14.7 Å². The van der Waals surface area contributed by atoms with Gasteiger partial charge in [0, 0.05) is 13.6 Å². The highest BCUT2D eigenvalue weighted by Gasteiger charge is 2.48. The van der Waals surface area contributed by atoms with Crippen molar-refractivity contribution < 1.29 is 19.8 Å². The van der Waals surface area contributed by atoms with Gasteiger partial charge in [-0.2, -0.15) is 0 Å². The zero-order chi connectivity index (χ0) is 12.2. The maximum Gasteiger partial charge on any atom is 0.319 e. The lowest BCUT2D eigenvalue weighted by molar-refractivity contribution is -0.162. The molecule has 1 fully saturated rings. The van der Waals surface area contributed by atoms with Gasteiger partial charge in [0.15, 0.2) is 0 Å². The van der Waals surface area contributed by atoms with Gasteiger partial charge in [0.1, 0.15) is 5.41 Å². The van der Waals surface area contributed by atoms with Crippen molar-refractivity contribution in [3.05, 3.63) is 0 Å². The highest BCUT2D eigenvalue weighted by molar-refractivity contribution is 6.02. The molecule has 6 nitrogen and oxygen atoms in total. The molecule has 6 heteroatoms. The van der Waals surface area contributed by atoms with Crippen molar-refractivity contribution in [1.82, 2.24) is 10.2 Å². The predicted molar refractivity (Wildman–Crippen MR) is 56.9 cm³/mol. The average molecular weight is 230 g/mol. The Hall–Kier alpha value is -1.14. The Labute approximate surface area is 94.2 Å². The Balaban J connectivity index is 2.84. The fourth-order valence-electron chi connectivity index (χ4n) is 1.99. The van der Waals surface area contributed by atoms with Crippen molar-refractivity contribution >= 4 is 11.9 Å². The van der Waals surface area contributed by atoms with Gasteiger partial charge in [-0.25, -0.2) is 0 Å². The van der Waals surface area contributed by atoms with Crippen molar-refractivity contribution in [3.63, 3.8) is 0 Å². The SMILES string of the molecule is CN(CCO)C(=O)C1(C(=O)O)CCNCC1. The minimum atomic E-state index is -1.31. The Morgan fingerprint density at radius 2 is 1.94 bits per heavy atom. The summed E-state index contributed by atoms with van der Waals surface area (Å²) in [4.78, 5) is 24.6. The van der Waals surface area contributed by atoms with Crippen LogP contribution in [-0.2, 0) is 9.59 Å². The highest BCUT2D eigenvalue weighted by atomic mass is 16.4. The lowest BCUT2D eigenvalue weighted by Gasteiger charge is -2.35. The number of nitrogens with zero attached hydrogens (tertiary/aromatic N) is 1. The van der Waals surface area contributed by atoms with E-state index in [0.29, 0.717) is 25.9 Å². The van der Waals surface area contributed by atoms with E-state index < -0.39 is 17.3 Å². The molecule has 0 bridgehead atoms. The number of aliphatic carboxylic acids is 1. The molecular formula is C10H18N2O4. The minimum Gasteiger partial charge on any atom is -0.480 e. The molecule has 0 spiro atoms. The summed E-state index contributed by atoms with van der Waals surface area (Å²) in [6.07, 6.45) is 0.605. The largest absolute Gasteiger partial charge is 0.480 e. The first-order chi connectivity index (χ1) is 7.54. The Morgan fingerprint density at radius 3 is 2.38 bits per heavy atom. The van der Waals surface area contributed by atoms with Crippen molar-refractivity contribution in [2.75, 3.05) is 33.3 Å². The van der Waals surface area contributed by atoms with Crippen LogP contribution in [-0.4, -0.2) is 60.3 Å². The third-order valence-corrected chi connectivity index (χ3v) is 3.06. The van der Waals surface area contributed by atoms with Crippen molar-refractivity contribution in [2.45, 2.75) is 12.8 Å². The molecule has 3 N–H and O–H groups in total. The molecule has 0 saturated carbocycles. The van der Waals surface area contributed by atoms with E-state index in [1.807, 2.05) is 0 Å². The molecule has 1 rings (SSSR count). The molecule has 0 unspecified atom stereocenters. The Morgan fingerprint density at radius 1 is 1.38 bits per heavy atom. The lowest BCUT2D eigenvalue weighted by atomic mass is 9.77. The van der Waals surface area contributed by atoms with Crippen LogP contribution in [0.1, 0.15) is 12.8 Å². The van der Waals surface area contributed by atoms with Crippen LogP contribution in [0.2, 0.25) is 0 Å². The van der Waals surface area contributed by atoms with Gasteiger partial charge < -0.3 is 20.4 Å². The summed E-state index contributed by atoms with van der Waals surface area (Å²) in [6, 6.07) is 0. The molecule has 1 amide bonds. The number of hydrogen-bond acceptors (Lipinski definition) is 4. The number of carboxylic acid groups (broad SMARTS) is 1. The Kier molecular flexibility index (Phi) is 4.26. The molecule has 1 aliphatic rings. The minimum absolute atomic E-state index is 0.157. The summed E-state index contributed by atoms with van der Waals surface area (Å²) in [6.45, 7) is 1.08. The van der Waals surface area contributed by atoms with E-state index in [2.05, 4.69) is 5.32 Å². The molecule has 0 aromatic carbocycles. The topological polar surface area (TPSA) is 89.9 Å². The molecule has 92 valence electrons. The lowest BCUT2D eigenvalue weighted by Crippen LogP contribution is -2.53. The van der Waals surface area contributed by atoms with Gasteiger partial charge >= 0.3 is 5.97 Å². The number of amides is 1. The van der Waals surface area contributed by atoms with Gasteiger partial charge in [-0.15, -0.1) is 0 Å². The molecule has 0 atom stereocenters. The summed E-state index contributed by atoms with van der Waals surface area (Å²) in [5, 5.41) is 21.0. The number of aliphatic hydroxyl groups excluding tert-OH is 1. The summed E-state index contributed by atoms with van der Waals surface area (Å²) >= 11 is 0.